The highest BCUT2D eigenvalue weighted by molar-refractivity contribution is 4.89. The molecule has 0 aromatic rings. The Bertz CT molecular complexity index is 114. The van der Waals surface area contributed by atoms with E-state index < -0.39 is 0 Å². The van der Waals surface area contributed by atoms with Crippen molar-refractivity contribution in [2.24, 2.45) is 11.8 Å². The van der Waals surface area contributed by atoms with Crippen LogP contribution < -0.4 is 10.6 Å². The summed E-state index contributed by atoms with van der Waals surface area (Å²) in [6, 6.07) is 0.790. The molecular formula is C9H20N2. The normalized spacial score (nSPS) is 36.8. The molecule has 0 aromatic carbocycles. The van der Waals surface area contributed by atoms with Gasteiger partial charge in [-0.15, -0.1) is 0 Å². The summed E-state index contributed by atoms with van der Waals surface area (Å²) in [4.78, 5) is 0. The summed E-state index contributed by atoms with van der Waals surface area (Å²) in [5.41, 5.74) is 0. The fourth-order valence-electron chi connectivity index (χ4n) is 1.68. The number of rotatable bonds is 4. The van der Waals surface area contributed by atoms with Gasteiger partial charge in [0.2, 0.25) is 0 Å². The molecule has 1 fully saturated rings. The summed E-state index contributed by atoms with van der Waals surface area (Å²) in [5, 5.41) is 6.67. The van der Waals surface area contributed by atoms with Crippen LogP contribution in [0.2, 0.25) is 0 Å². The second-order valence-electron chi connectivity index (χ2n) is 3.74. The molecule has 0 heterocycles. The smallest absolute Gasteiger partial charge is 0.00984 e. The second kappa shape index (κ2) is 4.07. The maximum absolute atomic E-state index is 3.54. The molecule has 1 aliphatic rings. The zero-order chi connectivity index (χ0) is 8.27. The van der Waals surface area contributed by atoms with E-state index in [1.54, 1.807) is 0 Å². The molecule has 3 unspecified atom stereocenters. The molecular weight excluding hydrogens is 136 g/mol. The van der Waals surface area contributed by atoms with Crippen molar-refractivity contribution in [2.75, 3.05) is 20.1 Å². The van der Waals surface area contributed by atoms with Crippen LogP contribution in [0.25, 0.3) is 0 Å². The molecule has 1 saturated carbocycles. The molecule has 66 valence electrons. The first-order chi connectivity index (χ1) is 5.25. The Balaban J connectivity index is 2.01. The third kappa shape index (κ3) is 2.17. The van der Waals surface area contributed by atoms with Crippen molar-refractivity contribution in [1.82, 2.24) is 10.6 Å². The van der Waals surface area contributed by atoms with Gasteiger partial charge in [0.1, 0.15) is 0 Å². The molecule has 11 heavy (non-hydrogen) atoms. The minimum atomic E-state index is 0.790. The Morgan fingerprint density at radius 3 is 2.45 bits per heavy atom. The highest BCUT2D eigenvalue weighted by Crippen LogP contribution is 2.33. The van der Waals surface area contributed by atoms with Crippen LogP contribution in [0.5, 0.6) is 0 Å². The van der Waals surface area contributed by atoms with E-state index in [2.05, 4.69) is 24.5 Å². The number of nitrogens with one attached hydrogen (secondary N) is 2. The van der Waals surface area contributed by atoms with Crippen LogP contribution in [-0.2, 0) is 0 Å². The molecule has 0 amide bonds. The summed E-state index contributed by atoms with van der Waals surface area (Å²) in [6.07, 6.45) is 1.37. The van der Waals surface area contributed by atoms with Crippen molar-refractivity contribution >= 4 is 0 Å². The Morgan fingerprint density at radius 2 is 2.00 bits per heavy atom. The summed E-state index contributed by atoms with van der Waals surface area (Å²) >= 11 is 0. The van der Waals surface area contributed by atoms with Gasteiger partial charge in [-0.1, -0.05) is 13.8 Å². The minimum absolute atomic E-state index is 0.790. The van der Waals surface area contributed by atoms with E-state index in [1.807, 2.05) is 7.05 Å². The summed E-state index contributed by atoms with van der Waals surface area (Å²) in [6.45, 7) is 6.86. The molecule has 0 aliphatic heterocycles. The highest BCUT2D eigenvalue weighted by Gasteiger charge is 2.33. The van der Waals surface area contributed by atoms with Crippen molar-refractivity contribution in [3.63, 3.8) is 0 Å². The van der Waals surface area contributed by atoms with Gasteiger partial charge in [0.05, 0.1) is 0 Å². The van der Waals surface area contributed by atoms with Gasteiger partial charge in [-0.25, -0.2) is 0 Å². The van der Waals surface area contributed by atoms with Crippen molar-refractivity contribution < 1.29 is 0 Å². The fraction of sp³-hybridized carbons (Fsp3) is 1.00. The van der Waals surface area contributed by atoms with E-state index >= 15 is 0 Å². The first-order valence-electron chi connectivity index (χ1n) is 4.63. The molecule has 1 rings (SSSR count). The average molecular weight is 156 g/mol. The Morgan fingerprint density at radius 1 is 1.27 bits per heavy atom. The molecule has 0 radical (unpaired) electrons. The molecule has 0 spiro atoms. The van der Waals surface area contributed by atoms with Gasteiger partial charge >= 0.3 is 0 Å². The zero-order valence-electron chi connectivity index (χ0n) is 7.85. The molecule has 0 bridgehead atoms. The SMILES string of the molecule is CNCCNC1CC(C)C1C. The van der Waals surface area contributed by atoms with Gasteiger partial charge in [0.25, 0.3) is 0 Å². The lowest BCUT2D eigenvalue weighted by Crippen LogP contribution is -2.49. The standard InChI is InChI=1S/C9H20N2/c1-7-6-9(8(7)2)11-5-4-10-3/h7-11H,4-6H2,1-3H3. The molecule has 3 atom stereocenters. The lowest BCUT2D eigenvalue weighted by atomic mass is 9.71. The van der Waals surface area contributed by atoms with Gasteiger partial charge in [-0.3, -0.25) is 0 Å². The highest BCUT2D eigenvalue weighted by atomic mass is 15.0. The number of hydrogen-bond donors (Lipinski definition) is 2. The Kier molecular flexibility index (Phi) is 3.34. The molecule has 2 heteroatoms. The van der Waals surface area contributed by atoms with E-state index in [-0.39, 0.29) is 0 Å². The van der Waals surface area contributed by atoms with E-state index in [4.69, 9.17) is 0 Å². The second-order valence-corrected chi connectivity index (χ2v) is 3.74. The first-order valence-corrected chi connectivity index (χ1v) is 4.63. The maximum Gasteiger partial charge on any atom is 0.00984 e. The van der Waals surface area contributed by atoms with Gasteiger partial charge < -0.3 is 10.6 Å². The molecule has 0 saturated heterocycles. The monoisotopic (exact) mass is 156 g/mol. The van der Waals surface area contributed by atoms with Gasteiger partial charge in [0, 0.05) is 19.1 Å². The molecule has 2 N–H and O–H groups in total. The van der Waals surface area contributed by atoms with Gasteiger partial charge in [-0.05, 0) is 25.3 Å². The number of likely N-dealkylation sites (N-methyl/N-ethyl adjacent to an activating group) is 1. The van der Waals surface area contributed by atoms with Crippen LogP contribution >= 0.6 is 0 Å². The number of hydrogen-bond acceptors (Lipinski definition) is 2. The predicted molar refractivity (Wildman–Crippen MR) is 48.7 cm³/mol. The third-order valence-electron chi connectivity index (χ3n) is 2.94. The molecule has 0 aromatic heterocycles. The van der Waals surface area contributed by atoms with Crippen LogP contribution in [0.1, 0.15) is 20.3 Å². The maximum atomic E-state index is 3.54. The Hall–Kier alpha value is -0.0800. The topological polar surface area (TPSA) is 24.1 Å². The van der Waals surface area contributed by atoms with E-state index in [9.17, 15) is 0 Å². The largest absolute Gasteiger partial charge is 0.318 e. The van der Waals surface area contributed by atoms with Crippen molar-refractivity contribution in [2.45, 2.75) is 26.3 Å². The van der Waals surface area contributed by atoms with Crippen LogP contribution in [0.4, 0.5) is 0 Å². The van der Waals surface area contributed by atoms with Crippen LogP contribution in [0.3, 0.4) is 0 Å². The Labute approximate surface area is 69.8 Å². The van der Waals surface area contributed by atoms with Crippen LogP contribution in [0.15, 0.2) is 0 Å². The summed E-state index contributed by atoms with van der Waals surface area (Å²) in [7, 11) is 1.99. The van der Waals surface area contributed by atoms with Crippen LogP contribution in [0, 0.1) is 11.8 Å². The quantitative estimate of drug-likeness (QED) is 0.589. The lowest BCUT2D eigenvalue weighted by molar-refractivity contribution is 0.138. The van der Waals surface area contributed by atoms with Gasteiger partial charge in [-0.2, -0.15) is 0 Å². The van der Waals surface area contributed by atoms with Crippen molar-refractivity contribution in [3.8, 4) is 0 Å². The van der Waals surface area contributed by atoms with Crippen molar-refractivity contribution in [1.29, 1.82) is 0 Å². The first kappa shape index (κ1) is 9.01. The predicted octanol–water partition coefficient (Wildman–Crippen LogP) is 0.840. The average Bonchev–Trinajstić information content (AvgIpc) is 2.03. The lowest BCUT2D eigenvalue weighted by Gasteiger charge is -2.41. The fourth-order valence-corrected chi connectivity index (χ4v) is 1.68. The van der Waals surface area contributed by atoms with Crippen LogP contribution in [-0.4, -0.2) is 26.2 Å². The molecule has 1 aliphatic carbocycles. The van der Waals surface area contributed by atoms with E-state index in [1.165, 1.54) is 6.42 Å². The van der Waals surface area contributed by atoms with E-state index in [0.29, 0.717) is 0 Å². The van der Waals surface area contributed by atoms with Crippen molar-refractivity contribution in [3.05, 3.63) is 0 Å². The summed E-state index contributed by atoms with van der Waals surface area (Å²) < 4.78 is 0. The summed E-state index contributed by atoms with van der Waals surface area (Å²) in [5.74, 6) is 1.81. The third-order valence-corrected chi connectivity index (χ3v) is 2.94. The van der Waals surface area contributed by atoms with E-state index in [0.717, 1.165) is 31.0 Å². The minimum Gasteiger partial charge on any atom is -0.318 e. The molecule has 2 nitrogen and oxygen atoms in total. The zero-order valence-corrected chi connectivity index (χ0v) is 7.85. The van der Waals surface area contributed by atoms with Gasteiger partial charge in [0.15, 0.2) is 0 Å².